The third kappa shape index (κ3) is 2.58. The van der Waals surface area contributed by atoms with Crippen LogP contribution in [0.3, 0.4) is 0 Å². The zero-order valence-corrected chi connectivity index (χ0v) is 9.19. The predicted octanol–water partition coefficient (Wildman–Crippen LogP) is 2.76. The van der Waals surface area contributed by atoms with E-state index < -0.39 is 11.7 Å². The summed E-state index contributed by atoms with van der Waals surface area (Å²) in [6.07, 6.45) is -1.10. The summed E-state index contributed by atoms with van der Waals surface area (Å²) in [5.41, 5.74) is -0.342. The van der Waals surface area contributed by atoms with Crippen molar-refractivity contribution in [3.8, 4) is 0 Å². The molecule has 0 spiro atoms. The minimum Gasteiger partial charge on any atom is -0.332 e. The topological polar surface area (TPSA) is 34.9 Å². The van der Waals surface area contributed by atoms with Crippen LogP contribution in [0.25, 0.3) is 0 Å². The number of imidazole rings is 1. The highest BCUT2D eigenvalue weighted by Gasteiger charge is 2.32. The molecule has 6 heteroatoms. The molecule has 3 nitrogen and oxygen atoms in total. The Bertz CT molecular complexity index is 560. The number of aromatic nitrogens is 2. The van der Waals surface area contributed by atoms with E-state index in [0.717, 1.165) is 6.07 Å². The lowest BCUT2D eigenvalue weighted by Crippen LogP contribution is -2.11. The van der Waals surface area contributed by atoms with E-state index in [1.807, 2.05) is 0 Å². The number of benzene rings is 1. The number of halogens is 3. The van der Waals surface area contributed by atoms with Gasteiger partial charge >= 0.3 is 6.18 Å². The van der Waals surface area contributed by atoms with Gasteiger partial charge in [-0.1, -0.05) is 18.2 Å². The van der Waals surface area contributed by atoms with Crippen molar-refractivity contribution in [2.75, 3.05) is 0 Å². The van der Waals surface area contributed by atoms with Gasteiger partial charge in [0.1, 0.15) is 5.69 Å². The van der Waals surface area contributed by atoms with Crippen molar-refractivity contribution < 1.29 is 18.0 Å². The van der Waals surface area contributed by atoms with Gasteiger partial charge in [0, 0.05) is 12.7 Å². The van der Waals surface area contributed by atoms with Gasteiger partial charge in [0.25, 0.3) is 0 Å². The van der Waals surface area contributed by atoms with Gasteiger partial charge in [-0.15, -0.1) is 0 Å². The second-order valence-electron chi connectivity index (χ2n) is 3.74. The van der Waals surface area contributed by atoms with Crippen LogP contribution in [0.4, 0.5) is 13.2 Å². The number of aldehydes is 1. The zero-order chi connectivity index (χ0) is 13.2. The van der Waals surface area contributed by atoms with Gasteiger partial charge in [-0.05, 0) is 11.6 Å². The summed E-state index contributed by atoms with van der Waals surface area (Å²) >= 11 is 0. The maximum Gasteiger partial charge on any atom is 0.416 e. The number of hydrogen-bond acceptors (Lipinski definition) is 2. The van der Waals surface area contributed by atoms with Gasteiger partial charge in [-0.2, -0.15) is 13.2 Å². The monoisotopic (exact) mass is 254 g/mol. The number of rotatable bonds is 3. The van der Waals surface area contributed by atoms with Crippen molar-refractivity contribution in [3.63, 3.8) is 0 Å². The van der Waals surface area contributed by atoms with Crippen molar-refractivity contribution in [1.29, 1.82) is 0 Å². The Morgan fingerprint density at radius 1 is 1.28 bits per heavy atom. The molecule has 0 saturated heterocycles. The van der Waals surface area contributed by atoms with Gasteiger partial charge in [0.15, 0.2) is 6.29 Å². The highest BCUT2D eigenvalue weighted by atomic mass is 19.4. The second-order valence-corrected chi connectivity index (χ2v) is 3.74. The van der Waals surface area contributed by atoms with E-state index in [1.54, 1.807) is 6.07 Å². The minimum atomic E-state index is -4.38. The maximum absolute atomic E-state index is 12.7. The first-order chi connectivity index (χ1) is 8.50. The highest BCUT2D eigenvalue weighted by molar-refractivity contribution is 5.70. The molecule has 94 valence electrons. The second kappa shape index (κ2) is 4.64. The first-order valence-corrected chi connectivity index (χ1v) is 5.13. The summed E-state index contributed by atoms with van der Waals surface area (Å²) < 4.78 is 39.7. The van der Waals surface area contributed by atoms with Crippen LogP contribution in [0.1, 0.15) is 21.6 Å². The van der Waals surface area contributed by atoms with Gasteiger partial charge in [0.2, 0.25) is 0 Å². The van der Waals surface area contributed by atoms with Crippen LogP contribution < -0.4 is 0 Å². The van der Waals surface area contributed by atoms with Crippen LogP contribution >= 0.6 is 0 Å². The summed E-state index contributed by atoms with van der Waals surface area (Å²) in [5, 5.41) is 0. The van der Waals surface area contributed by atoms with Crippen LogP contribution in [0.2, 0.25) is 0 Å². The lowest BCUT2D eigenvalue weighted by molar-refractivity contribution is -0.138. The molecule has 0 atom stereocenters. The molecular formula is C12H9F3N2O. The molecule has 0 N–H and O–H groups in total. The van der Waals surface area contributed by atoms with E-state index in [0.29, 0.717) is 6.29 Å². The molecule has 0 aliphatic rings. The summed E-state index contributed by atoms with van der Waals surface area (Å²) in [6, 6.07) is 5.33. The predicted molar refractivity (Wildman–Crippen MR) is 58.2 cm³/mol. The molecule has 0 radical (unpaired) electrons. The Balaban J connectivity index is 2.31. The number of carbonyl (C=O) groups is 1. The Morgan fingerprint density at radius 2 is 2.00 bits per heavy atom. The van der Waals surface area contributed by atoms with E-state index in [-0.39, 0.29) is 17.8 Å². The Kier molecular flexibility index (Phi) is 3.18. The summed E-state index contributed by atoms with van der Waals surface area (Å²) in [7, 11) is 0. The van der Waals surface area contributed by atoms with Gasteiger partial charge in [-0.3, -0.25) is 4.79 Å². The van der Waals surface area contributed by atoms with Gasteiger partial charge < -0.3 is 4.57 Å². The molecule has 0 unspecified atom stereocenters. The molecule has 1 heterocycles. The molecule has 2 rings (SSSR count). The number of alkyl halides is 3. The number of nitrogens with zero attached hydrogens (tertiary/aromatic N) is 2. The van der Waals surface area contributed by atoms with Crippen LogP contribution in [-0.4, -0.2) is 15.8 Å². The molecule has 0 aliphatic carbocycles. The van der Waals surface area contributed by atoms with E-state index in [1.165, 1.54) is 29.2 Å². The average molecular weight is 254 g/mol. The molecule has 1 aromatic heterocycles. The van der Waals surface area contributed by atoms with Crippen molar-refractivity contribution >= 4 is 6.29 Å². The quantitative estimate of drug-likeness (QED) is 0.789. The van der Waals surface area contributed by atoms with Crippen molar-refractivity contribution in [2.45, 2.75) is 12.7 Å². The average Bonchev–Trinajstić information content (AvgIpc) is 2.76. The van der Waals surface area contributed by atoms with E-state index in [2.05, 4.69) is 4.98 Å². The molecule has 0 aliphatic heterocycles. The molecule has 1 aromatic carbocycles. The SMILES string of the molecule is O=Cc1cn(Cc2ccccc2C(F)(F)F)cn1. The summed E-state index contributed by atoms with van der Waals surface area (Å²) in [4.78, 5) is 14.2. The molecule has 0 amide bonds. The van der Waals surface area contributed by atoms with Gasteiger partial charge in [0.05, 0.1) is 11.9 Å². The largest absolute Gasteiger partial charge is 0.416 e. The van der Waals surface area contributed by atoms with Gasteiger partial charge in [-0.25, -0.2) is 4.98 Å². The standard InChI is InChI=1S/C12H9F3N2O/c13-12(14,15)11-4-2-1-3-9(11)5-17-6-10(7-18)16-8-17/h1-4,6-8H,5H2. The van der Waals surface area contributed by atoms with Crippen LogP contribution in [-0.2, 0) is 12.7 Å². The zero-order valence-electron chi connectivity index (χ0n) is 9.19. The minimum absolute atomic E-state index is 0.0243. The first-order valence-electron chi connectivity index (χ1n) is 5.13. The van der Waals surface area contributed by atoms with Crippen molar-refractivity contribution in [2.24, 2.45) is 0 Å². The smallest absolute Gasteiger partial charge is 0.332 e. The molecule has 0 bridgehead atoms. The van der Waals surface area contributed by atoms with E-state index in [4.69, 9.17) is 0 Å². The lowest BCUT2D eigenvalue weighted by atomic mass is 10.1. The van der Waals surface area contributed by atoms with Crippen molar-refractivity contribution in [1.82, 2.24) is 9.55 Å². The van der Waals surface area contributed by atoms with E-state index >= 15 is 0 Å². The summed E-state index contributed by atoms with van der Waals surface area (Å²) in [6.45, 7) is 0.0243. The van der Waals surface area contributed by atoms with E-state index in [9.17, 15) is 18.0 Å². The molecule has 0 saturated carbocycles. The molecule has 18 heavy (non-hydrogen) atoms. The fourth-order valence-electron chi connectivity index (χ4n) is 1.66. The third-order valence-electron chi connectivity index (χ3n) is 2.45. The fraction of sp³-hybridized carbons (Fsp3) is 0.167. The van der Waals surface area contributed by atoms with Crippen LogP contribution in [0.15, 0.2) is 36.8 Å². The summed E-state index contributed by atoms with van der Waals surface area (Å²) in [5.74, 6) is 0. The number of hydrogen-bond donors (Lipinski definition) is 0. The number of carbonyl (C=O) groups excluding carboxylic acids is 1. The van der Waals surface area contributed by atoms with Crippen LogP contribution in [0.5, 0.6) is 0 Å². The normalized spacial score (nSPS) is 11.5. The first kappa shape index (κ1) is 12.3. The third-order valence-corrected chi connectivity index (χ3v) is 2.45. The lowest BCUT2D eigenvalue weighted by Gasteiger charge is -2.12. The fourth-order valence-corrected chi connectivity index (χ4v) is 1.66. The maximum atomic E-state index is 12.7. The molecule has 2 aromatic rings. The Hall–Kier alpha value is -2.11. The van der Waals surface area contributed by atoms with Crippen molar-refractivity contribution in [3.05, 3.63) is 53.6 Å². The Labute approximate surface area is 101 Å². The Morgan fingerprint density at radius 3 is 2.61 bits per heavy atom. The molecular weight excluding hydrogens is 245 g/mol. The highest BCUT2D eigenvalue weighted by Crippen LogP contribution is 2.32. The van der Waals surface area contributed by atoms with Crippen LogP contribution in [0, 0.1) is 0 Å². The molecule has 0 fully saturated rings.